The second-order valence-electron chi connectivity index (χ2n) is 7.73. The number of fused-ring (bicyclic) bond motifs is 2. The molecule has 5 nitrogen and oxygen atoms in total. The van der Waals surface area contributed by atoms with E-state index in [1.54, 1.807) is 17.0 Å². The van der Waals surface area contributed by atoms with Gasteiger partial charge in [-0.05, 0) is 48.4 Å². The van der Waals surface area contributed by atoms with Crippen LogP contribution in [0.3, 0.4) is 0 Å². The summed E-state index contributed by atoms with van der Waals surface area (Å²) >= 11 is 0. The molecule has 1 aliphatic heterocycles. The van der Waals surface area contributed by atoms with Gasteiger partial charge in [-0.2, -0.15) is 0 Å². The minimum Gasteiger partial charge on any atom is -0.508 e. The van der Waals surface area contributed by atoms with Crippen LogP contribution in [0.5, 0.6) is 5.75 Å². The minimum absolute atomic E-state index is 0.0184. The molecule has 2 heterocycles. The highest BCUT2D eigenvalue weighted by Crippen LogP contribution is 2.39. The van der Waals surface area contributed by atoms with Gasteiger partial charge in [0.1, 0.15) is 17.1 Å². The number of phenols is 1. The SMILES string of the molecule is Cc1ccc(CN2C(=O)c3oc4ccc(F)cc4c(=O)c3[C@H]2c2cccc(O)c2)cc1. The molecule has 1 aliphatic rings. The van der Waals surface area contributed by atoms with Crippen molar-refractivity contribution in [2.45, 2.75) is 19.5 Å². The van der Waals surface area contributed by atoms with Crippen molar-refractivity contribution in [3.63, 3.8) is 0 Å². The number of hydrogen-bond acceptors (Lipinski definition) is 4. The molecule has 0 fully saturated rings. The molecular weight excluding hydrogens is 397 g/mol. The topological polar surface area (TPSA) is 70.8 Å². The van der Waals surface area contributed by atoms with Crippen molar-refractivity contribution in [1.29, 1.82) is 0 Å². The van der Waals surface area contributed by atoms with Gasteiger partial charge in [0.2, 0.25) is 5.76 Å². The van der Waals surface area contributed by atoms with E-state index in [1.807, 2.05) is 31.2 Å². The van der Waals surface area contributed by atoms with E-state index in [4.69, 9.17) is 4.42 Å². The Kier molecular flexibility index (Phi) is 4.36. The number of nitrogens with zero attached hydrogens (tertiary/aromatic N) is 1. The summed E-state index contributed by atoms with van der Waals surface area (Å²) in [5, 5.41) is 10.1. The molecule has 1 N–H and O–H groups in total. The molecule has 1 aromatic heterocycles. The average molecular weight is 415 g/mol. The number of aryl methyl sites for hydroxylation is 1. The van der Waals surface area contributed by atoms with Gasteiger partial charge < -0.3 is 14.4 Å². The van der Waals surface area contributed by atoms with Gasteiger partial charge in [0, 0.05) is 6.54 Å². The van der Waals surface area contributed by atoms with Gasteiger partial charge >= 0.3 is 0 Å². The number of hydrogen-bond donors (Lipinski definition) is 1. The molecule has 0 spiro atoms. The van der Waals surface area contributed by atoms with Gasteiger partial charge in [-0.15, -0.1) is 0 Å². The maximum Gasteiger partial charge on any atom is 0.291 e. The number of carbonyl (C=O) groups excluding carboxylic acids is 1. The predicted molar refractivity (Wildman–Crippen MR) is 113 cm³/mol. The Bertz CT molecular complexity index is 1390. The van der Waals surface area contributed by atoms with E-state index in [2.05, 4.69) is 0 Å². The summed E-state index contributed by atoms with van der Waals surface area (Å²) in [6.07, 6.45) is 0. The Morgan fingerprint density at radius 1 is 1.03 bits per heavy atom. The minimum atomic E-state index is -0.764. The Morgan fingerprint density at radius 3 is 2.55 bits per heavy atom. The number of amides is 1. The van der Waals surface area contributed by atoms with Crippen molar-refractivity contribution in [2.75, 3.05) is 0 Å². The highest BCUT2D eigenvalue weighted by atomic mass is 19.1. The maximum atomic E-state index is 13.8. The number of phenolic OH excluding ortho intramolecular Hbond substituents is 1. The summed E-state index contributed by atoms with van der Waals surface area (Å²) in [7, 11) is 0. The highest BCUT2D eigenvalue weighted by molar-refractivity contribution is 5.99. The molecule has 4 aromatic rings. The van der Waals surface area contributed by atoms with Crippen LogP contribution in [0.1, 0.15) is 38.9 Å². The summed E-state index contributed by atoms with van der Waals surface area (Å²) in [6, 6.07) is 17.1. The smallest absolute Gasteiger partial charge is 0.291 e. The second-order valence-corrected chi connectivity index (χ2v) is 7.73. The first-order valence-corrected chi connectivity index (χ1v) is 9.84. The molecule has 1 atom stereocenters. The molecule has 0 aliphatic carbocycles. The van der Waals surface area contributed by atoms with Crippen molar-refractivity contribution in [1.82, 2.24) is 4.90 Å². The summed E-state index contributed by atoms with van der Waals surface area (Å²) in [5.74, 6) is -1.02. The zero-order valence-electron chi connectivity index (χ0n) is 16.6. The van der Waals surface area contributed by atoms with Crippen LogP contribution in [0.4, 0.5) is 4.39 Å². The first-order chi connectivity index (χ1) is 14.9. The van der Waals surface area contributed by atoms with Gasteiger partial charge in [0.25, 0.3) is 5.91 Å². The van der Waals surface area contributed by atoms with Crippen LogP contribution >= 0.6 is 0 Å². The van der Waals surface area contributed by atoms with Gasteiger partial charge in [-0.3, -0.25) is 9.59 Å². The van der Waals surface area contributed by atoms with Crippen LogP contribution in [0.15, 0.2) is 75.9 Å². The molecule has 0 bridgehead atoms. The van der Waals surface area contributed by atoms with E-state index < -0.39 is 23.2 Å². The average Bonchev–Trinajstić information content (AvgIpc) is 3.02. The van der Waals surface area contributed by atoms with Crippen molar-refractivity contribution in [2.24, 2.45) is 0 Å². The summed E-state index contributed by atoms with van der Waals surface area (Å²) < 4.78 is 19.6. The zero-order valence-corrected chi connectivity index (χ0v) is 16.6. The molecule has 154 valence electrons. The molecule has 1 amide bonds. The third kappa shape index (κ3) is 3.17. The number of rotatable bonds is 3. The van der Waals surface area contributed by atoms with Crippen LogP contribution in [0.25, 0.3) is 11.0 Å². The summed E-state index contributed by atoms with van der Waals surface area (Å²) in [5.41, 5.74) is 2.41. The third-order valence-electron chi connectivity index (χ3n) is 5.59. The van der Waals surface area contributed by atoms with Crippen LogP contribution in [-0.4, -0.2) is 15.9 Å². The van der Waals surface area contributed by atoms with Crippen LogP contribution < -0.4 is 5.43 Å². The van der Waals surface area contributed by atoms with E-state index in [1.165, 1.54) is 24.3 Å². The van der Waals surface area contributed by atoms with Gasteiger partial charge in [-0.25, -0.2) is 4.39 Å². The van der Waals surface area contributed by atoms with E-state index in [9.17, 15) is 19.1 Å². The molecule has 31 heavy (non-hydrogen) atoms. The van der Waals surface area contributed by atoms with Crippen LogP contribution in [0.2, 0.25) is 0 Å². The maximum absolute atomic E-state index is 13.8. The van der Waals surface area contributed by atoms with Gasteiger partial charge in [0.05, 0.1) is 17.0 Å². The number of carbonyl (C=O) groups is 1. The zero-order chi connectivity index (χ0) is 21.7. The summed E-state index contributed by atoms with van der Waals surface area (Å²) in [6.45, 7) is 2.22. The standard InChI is InChI=1S/C25H18FNO4/c1-14-5-7-15(8-6-14)13-27-22(16-3-2-4-18(28)11-16)21-23(29)19-12-17(26)9-10-20(19)31-24(21)25(27)30/h2-12,22,28H,13H2,1H3/t22-/m1/s1. The lowest BCUT2D eigenvalue weighted by molar-refractivity contribution is 0.0714. The fourth-order valence-corrected chi connectivity index (χ4v) is 4.09. The lowest BCUT2D eigenvalue weighted by Crippen LogP contribution is -2.29. The monoisotopic (exact) mass is 415 g/mol. The fraction of sp³-hybridized carbons (Fsp3) is 0.120. The first kappa shape index (κ1) is 19.1. The second kappa shape index (κ2) is 7.09. The summed E-state index contributed by atoms with van der Waals surface area (Å²) in [4.78, 5) is 28.3. The van der Waals surface area contributed by atoms with E-state index >= 15 is 0 Å². The normalized spacial score (nSPS) is 15.5. The third-order valence-corrected chi connectivity index (χ3v) is 5.59. The van der Waals surface area contributed by atoms with Crippen LogP contribution in [0, 0.1) is 12.7 Å². The quantitative estimate of drug-likeness (QED) is 0.527. The molecule has 3 aromatic carbocycles. The van der Waals surface area contributed by atoms with Crippen molar-refractivity contribution in [3.05, 3.63) is 111 Å². The lowest BCUT2D eigenvalue weighted by atomic mass is 9.98. The van der Waals surface area contributed by atoms with E-state index in [0.717, 1.165) is 17.2 Å². The van der Waals surface area contributed by atoms with Gasteiger partial charge in [0.15, 0.2) is 5.43 Å². The van der Waals surface area contributed by atoms with Crippen molar-refractivity contribution in [3.8, 4) is 5.75 Å². The Labute approximate surface area is 177 Å². The largest absolute Gasteiger partial charge is 0.508 e. The Hall–Kier alpha value is -3.93. The highest BCUT2D eigenvalue weighted by Gasteiger charge is 2.42. The first-order valence-electron chi connectivity index (χ1n) is 9.84. The Balaban J connectivity index is 1.73. The van der Waals surface area contributed by atoms with Crippen molar-refractivity contribution < 1.29 is 18.7 Å². The predicted octanol–water partition coefficient (Wildman–Crippen LogP) is 4.69. The Morgan fingerprint density at radius 2 is 1.81 bits per heavy atom. The van der Waals surface area contributed by atoms with Gasteiger partial charge in [-0.1, -0.05) is 42.0 Å². The molecule has 6 heteroatoms. The molecule has 0 saturated carbocycles. The fourth-order valence-electron chi connectivity index (χ4n) is 4.09. The van der Waals surface area contributed by atoms with E-state index in [0.29, 0.717) is 5.56 Å². The molecule has 0 unspecified atom stereocenters. The molecule has 5 rings (SSSR count). The number of halogens is 1. The number of benzene rings is 3. The number of aromatic hydroxyl groups is 1. The van der Waals surface area contributed by atoms with Crippen LogP contribution in [-0.2, 0) is 6.54 Å². The lowest BCUT2D eigenvalue weighted by Gasteiger charge is -2.25. The molecular formula is C25H18FNO4. The molecule has 0 radical (unpaired) electrons. The van der Waals surface area contributed by atoms with E-state index in [-0.39, 0.29) is 34.6 Å². The molecule has 0 saturated heterocycles. The van der Waals surface area contributed by atoms with Crippen molar-refractivity contribution >= 4 is 16.9 Å².